The molecule has 0 aliphatic rings. The Hall–Kier alpha value is -3.42. The summed E-state index contributed by atoms with van der Waals surface area (Å²) < 4.78 is 10.6. The van der Waals surface area contributed by atoms with Crippen molar-refractivity contribution >= 4 is 17.8 Å². The first-order valence-electron chi connectivity index (χ1n) is 7.75. The number of benzene rings is 2. The first-order valence-corrected chi connectivity index (χ1v) is 7.75. The lowest BCUT2D eigenvalue weighted by molar-refractivity contribution is -0.384. The number of nitro benzene ring substituents is 1. The van der Waals surface area contributed by atoms with Gasteiger partial charge < -0.3 is 9.47 Å². The van der Waals surface area contributed by atoms with Crippen molar-refractivity contribution in [2.24, 2.45) is 5.10 Å². The Morgan fingerprint density at radius 1 is 1.27 bits per heavy atom. The average molecular weight is 357 g/mol. The Bertz CT molecular complexity index is 828. The van der Waals surface area contributed by atoms with Gasteiger partial charge in [-0.1, -0.05) is 18.2 Å². The normalized spacial score (nSPS) is 10.6. The van der Waals surface area contributed by atoms with Crippen LogP contribution in [0.5, 0.6) is 11.5 Å². The van der Waals surface area contributed by atoms with Gasteiger partial charge in [0.05, 0.1) is 18.2 Å². The van der Waals surface area contributed by atoms with Crippen LogP contribution in [0.4, 0.5) is 5.69 Å². The fourth-order valence-corrected chi connectivity index (χ4v) is 2.31. The van der Waals surface area contributed by atoms with Crippen LogP contribution in [0, 0.1) is 24.0 Å². The van der Waals surface area contributed by atoms with Crippen LogP contribution >= 0.6 is 0 Å². The topological polar surface area (TPSA) is 103 Å². The number of hydrogen-bond acceptors (Lipinski definition) is 6. The molecule has 0 atom stereocenters. The van der Waals surface area contributed by atoms with Gasteiger partial charge in [-0.15, -0.1) is 0 Å². The molecule has 0 unspecified atom stereocenters. The quantitative estimate of drug-likeness (QED) is 0.466. The van der Waals surface area contributed by atoms with Crippen LogP contribution < -0.4 is 14.9 Å². The van der Waals surface area contributed by atoms with E-state index in [1.165, 1.54) is 31.5 Å². The van der Waals surface area contributed by atoms with E-state index in [0.29, 0.717) is 17.1 Å². The fraction of sp³-hybridized carbons (Fsp3) is 0.222. The van der Waals surface area contributed by atoms with Gasteiger partial charge in [0, 0.05) is 17.7 Å². The van der Waals surface area contributed by atoms with Crippen LogP contribution in [0.25, 0.3) is 0 Å². The number of carbonyl (C=O) groups is 1. The molecule has 1 amide bonds. The molecule has 136 valence electrons. The number of nitrogens with one attached hydrogen (secondary N) is 1. The summed E-state index contributed by atoms with van der Waals surface area (Å²) in [5.41, 5.74) is 4.46. The molecule has 0 saturated carbocycles. The zero-order valence-electron chi connectivity index (χ0n) is 14.7. The molecule has 2 aromatic rings. The van der Waals surface area contributed by atoms with E-state index in [1.54, 1.807) is 0 Å². The molecule has 2 rings (SSSR count). The number of rotatable bonds is 7. The number of nitro groups is 1. The maximum Gasteiger partial charge on any atom is 0.277 e. The molecule has 2 aromatic carbocycles. The third-order valence-electron chi connectivity index (χ3n) is 3.57. The number of para-hydroxylation sites is 1. The van der Waals surface area contributed by atoms with E-state index in [9.17, 15) is 14.9 Å². The van der Waals surface area contributed by atoms with Gasteiger partial charge in [-0.3, -0.25) is 14.9 Å². The predicted octanol–water partition coefficient (Wildman–Crippen LogP) is 2.75. The average Bonchev–Trinajstić information content (AvgIpc) is 2.61. The van der Waals surface area contributed by atoms with Gasteiger partial charge in [0.1, 0.15) is 11.5 Å². The van der Waals surface area contributed by atoms with Gasteiger partial charge in [0.25, 0.3) is 11.6 Å². The van der Waals surface area contributed by atoms with E-state index in [0.717, 1.165) is 11.1 Å². The third-order valence-corrected chi connectivity index (χ3v) is 3.57. The number of carbonyl (C=O) groups excluding carboxylic acids is 1. The second-order valence-electron chi connectivity index (χ2n) is 5.49. The van der Waals surface area contributed by atoms with Crippen molar-refractivity contribution in [3.8, 4) is 11.5 Å². The molecule has 8 nitrogen and oxygen atoms in total. The molecular formula is C18H19N3O5. The standard InChI is InChI=1S/C18H19N3O5/c1-12-5-4-6-13(2)18(12)26-11-17(22)20-19-10-14-9-15(21(23)24)7-8-16(14)25-3/h4-10H,11H2,1-3H3,(H,20,22)/b19-10+. The molecule has 0 aliphatic carbocycles. The molecular weight excluding hydrogens is 338 g/mol. The van der Waals surface area contributed by atoms with Crippen molar-refractivity contribution in [1.82, 2.24) is 5.43 Å². The lowest BCUT2D eigenvalue weighted by Gasteiger charge is -2.10. The molecule has 8 heteroatoms. The lowest BCUT2D eigenvalue weighted by atomic mass is 10.1. The molecule has 0 aromatic heterocycles. The van der Waals surface area contributed by atoms with Crippen molar-refractivity contribution < 1.29 is 19.2 Å². The number of hydrazone groups is 1. The summed E-state index contributed by atoms with van der Waals surface area (Å²) in [4.78, 5) is 22.2. The van der Waals surface area contributed by atoms with Crippen LogP contribution in [0.15, 0.2) is 41.5 Å². The second kappa shape index (κ2) is 8.61. The van der Waals surface area contributed by atoms with Gasteiger partial charge in [-0.25, -0.2) is 5.43 Å². The van der Waals surface area contributed by atoms with Crippen LogP contribution in [-0.4, -0.2) is 30.8 Å². The first-order chi connectivity index (χ1) is 12.4. The van der Waals surface area contributed by atoms with Gasteiger partial charge in [-0.2, -0.15) is 5.10 Å². The lowest BCUT2D eigenvalue weighted by Crippen LogP contribution is -2.25. The minimum absolute atomic E-state index is 0.100. The maximum atomic E-state index is 11.9. The largest absolute Gasteiger partial charge is 0.496 e. The number of hydrogen-bond donors (Lipinski definition) is 1. The van der Waals surface area contributed by atoms with Crippen LogP contribution in [0.3, 0.4) is 0 Å². The number of methoxy groups -OCH3 is 1. The number of nitrogens with zero attached hydrogens (tertiary/aromatic N) is 2. The summed E-state index contributed by atoms with van der Waals surface area (Å²) >= 11 is 0. The molecule has 0 bridgehead atoms. The minimum atomic E-state index is -0.520. The van der Waals surface area contributed by atoms with Gasteiger partial charge in [-0.05, 0) is 31.0 Å². The smallest absolute Gasteiger partial charge is 0.277 e. The predicted molar refractivity (Wildman–Crippen MR) is 96.8 cm³/mol. The first kappa shape index (κ1) is 18.9. The molecule has 0 radical (unpaired) electrons. The van der Waals surface area contributed by atoms with Gasteiger partial charge in [0.2, 0.25) is 0 Å². The summed E-state index contributed by atoms with van der Waals surface area (Å²) in [6.07, 6.45) is 1.28. The number of aryl methyl sites for hydroxylation is 2. The molecule has 1 N–H and O–H groups in total. The van der Waals surface area contributed by atoms with Crippen LogP contribution in [-0.2, 0) is 4.79 Å². The van der Waals surface area contributed by atoms with Gasteiger partial charge >= 0.3 is 0 Å². The highest BCUT2D eigenvalue weighted by Gasteiger charge is 2.10. The Morgan fingerprint density at radius 2 is 1.96 bits per heavy atom. The summed E-state index contributed by atoms with van der Waals surface area (Å²) in [7, 11) is 1.44. The highest BCUT2D eigenvalue weighted by Crippen LogP contribution is 2.23. The summed E-state index contributed by atoms with van der Waals surface area (Å²) in [6, 6.07) is 9.80. The molecule has 0 saturated heterocycles. The van der Waals surface area contributed by atoms with E-state index < -0.39 is 10.8 Å². The van der Waals surface area contributed by atoms with Gasteiger partial charge in [0.15, 0.2) is 6.61 Å². The van der Waals surface area contributed by atoms with Crippen molar-refractivity contribution in [2.75, 3.05) is 13.7 Å². The molecule has 0 aliphatic heterocycles. The summed E-state index contributed by atoms with van der Waals surface area (Å²) in [5, 5.41) is 14.6. The van der Waals surface area contributed by atoms with E-state index in [1.807, 2.05) is 32.0 Å². The van der Waals surface area contributed by atoms with Crippen LogP contribution in [0.1, 0.15) is 16.7 Å². The Labute approximate surface area is 150 Å². The summed E-state index contributed by atoms with van der Waals surface area (Å²) in [5.74, 6) is 0.612. The zero-order chi connectivity index (χ0) is 19.1. The summed E-state index contributed by atoms with van der Waals surface area (Å²) in [6.45, 7) is 3.59. The van der Waals surface area contributed by atoms with E-state index in [-0.39, 0.29) is 12.3 Å². The SMILES string of the molecule is COc1ccc([N+](=O)[O-])cc1/C=N/NC(=O)COc1c(C)cccc1C. The molecule has 26 heavy (non-hydrogen) atoms. The molecule has 0 fully saturated rings. The van der Waals surface area contributed by atoms with Crippen LogP contribution in [0.2, 0.25) is 0 Å². The number of non-ortho nitro benzene ring substituents is 1. The Kier molecular flexibility index (Phi) is 6.26. The Balaban J connectivity index is 1.99. The van der Waals surface area contributed by atoms with Crippen molar-refractivity contribution in [1.29, 1.82) is 0 Å². The highest BCUT2D eigenvalue weighted by atomic mass is 16.6. The molecule has 0 heterocycles. The van der Waals surface area contributed by atoms with Crippen molar-refractivity contribution in [3.05, 3.63) is 63.2 Å². The van der Waals surface area contributed by atoms with E-state index in [2.05, 4.69) is 10.5 Å². The van der Waals surface area contributed by atoms with Crippen molar-refractivity contribution in [2.45, 2.75) is 13.8 Å². The highest BCUT2D eigenvalue weighted by molar-refractivity contribution is 5.86. The van der Waals surface area contributed by atoms with E-state index in [4.69, 9.17) is 9.47 Å². The molecule has 0 spiro atoms. The number of amides is 1. The number of ether oxygens (including phenoxy) is 2. The van der Waals surface area contributed by atoms with E-state index >= 15 is 0 Å². The Morgan fingerprint density at radius 3 is 2.58 bits per heavy atom. The fourth-order valence-electron chi connectivity index (χ4n) is 2.31. The maximum absolute atomic E-state index is 11.9. The zero-order valence-corrected chi connectivity index (χ0v) is 14.7. The third kappa shape index (κ3) is 4.79. The van der Waals surface area contributed by atoms with Crippen molar-refractivity contribution in [3.63, 3.8) is 0 Å². The minimum Gasteiger partial charge on any atom is -0.496 e. The second-order valence-corrected chi connectivity index (χ2v) is 5.49. The monoisotopic (exact) mass is 357 g/mol.